The van der Waals surface area contributed by atoms with Gasteiger partial charge in [-0.1, -0.05) is 17.3 Å². The van der Waals surface area contributed by atoms with Gasteiger partial charge in [0, 0.05) is 11.6 Å². The number of carbonyl (C=O) groups is 1. The number of rotatable bonds is 2. The van der Waals surface area contributed by atoms with Crippen LogP contribution in [0.15, 0.2) is 53.1 Å². The molecule has 0 fully saturated rings. The molecule has 2 aliphatic heterocycles. The lowest BCUT2D eigenvalue weighted by Gasteiger charge is -2.32. The first-order valence-electron chi connectivity index (χ1n) is 9.13. The van der Waals surface area contributed by atoms with Crippen LogP contribution in [0.4, 0.5) is 5.69 Å². The fraction of sp³-hybridized carbons (Fsp3) is 0.238. The van der Waals surface area contributed by atoms with Gasteiger partial charge < -0.3 is 18.7 Å². The zero-order valence-corrected chi connectivity index (χ0v) is 15.3. The zero-order chi connectivity index (χ0) is 19.1. The Balaban J connectivity index is 1.44. The summed E-state index contributed by atoms with van der Waals surface area (Å²) in [5.41, 5.74) is 1.75. The zero-order valence-electron chi connectivity index (χ0n) is 15.3. The highest BCUT2D eigenvalue weighted by atomic mass is 16.6. The smallest absolute Gasteiger partial charge is 0.280 e. The van der Waals surface area contributed by atoms with Crippen molar-refractivity contribution >= 4 is 11.6 Å². The summed E-state index contributed by atoms with van der Waals surface area (Å²) in [5, 5.41) is 4.00. The van der Waals surface area contributed by atoms with Crippen molar-refractivity contribution in [2.24, 2.45) is 0 Å². The Morgan fingerprint density at radius 1 is 1.04 bits per heavy atom. The Kier molecular flexibility index (Phi) is 3.93. The monoisotopic (exact) mass is 378 g/mol. The van der Waals surface area contributed by atoms with Gasteiger partial charge in [0.15, 0.2) is 23.0 Å². The second kappa shape index (κ2) is 6.60. The molecule has 142 valence electrons. The Bertz CT molecular complexity index is 1040. The van der Waals surface area contributed by atoms with Crippen LogP contribution < -0.4 is 19.1 Å². The third-order valence-electron chi connectivity index (χ3n) is 4.73. The quantitative estimate of drug-likeness (QED) is 0.679. The highest BCUT2D eigenvalue weighted by molar-refractivity contribution is 6.06. The summed E-state index contributed by atoms with van der Waals surface area (Å²) in [5.74, 6) is 2.31. The van der Waals surface area contributed by atoms with Crippen molar-refractivity contribution in [1.82, 2.24) is 5.16 Å². The van der Waals surface area contributed by atoms with Gasteiger partial charge in [-0.15, -0.1) is 0 Å². The largest absolute Gasteiger partial charge is 0.487 e. The van der Waals surface area contributed by atoms with Gasteiger partial charge in [0.25, 0.3) is 5.91 Å². The molecule has 0 N–H and O–H groups in total. The highest BCUT2D eigenvalue weighted by Gasteiger charge is 2.30. The molecule has 1 aromatic heterocycles. The van der Waals surface area contributed by atoms with Crippen LogP contribution in [0.3, 0.4) is 0 Å². The van der Waals surface area contributed by atoms with Crippen molar-refractivity contribution in [3.05, 3.63) is 54.2 Å². The van der Waals surface area contributed by atoms with E-state index in [0.717, 1.165) is 11.3 Å². The van der Waals surface area contributed by atoms with Crippen LogP contribution in [0.2, 0.25) is 0 Å². The third-order valence-corrected chi connectivity index (χ3v) is 4.73. The van der Waals surface area contributed by atoms with Crippen molar-refractivity contribution in [3.63, 3.8) is 0 Å². The number of benzene rings is 2. The molecule has 2 aliphatic rings. The SMILES string of the molecule is CC1CN(C(=O)c2cc(-c3ccc4c(c3)OCCO4)on2)c2ccccc2O1. The summed E-state index contributed by atoms with van der Waals surface area (Å²) in [7, 11) is 0. The van der Waals surface area contributed by atoms with Crippen LogP contribution in [-0.2, 0) is 0 Å². The minimum Gasteiger partial charge on any atom is -0.487 e. The first-order valence-corrected chi connectivity index (χ1v) is 9.13. The summed E-state index contributed by atoms with van der Waals surface area (Å²) in [4.78, 5) is 14.8. The topological polar surface area (TPSA) is 74.0 Å². The van der Waals surface area contributed by atoms with Crippen LogP contribution >= 0.6 is 0 Å². The first-order chi connectivity index (χ1) is 13.7. The number of hydrogen-bond donors (Lipinski definition) is 0. The van der Waals surface area contributed by atoms with Gasteiger partial charge in [0.1, 0.15) is 25.1 Å². The lowest BCUT2D eigenvalue weighted by atomic mass is 10.1. The van der Waals surface area contributed by atoms with E-state index in [1.807, 2.05) is 49.4 Å². The van der Waals surface area contributed by atoms with E-state index in [1.165, 1.54) is 0 Å². The number of nitrogens with zero attached hydrogens (tertiary/aromatic N) is 2. The Morgan fingerprint density at radius 2 is 1.86 bits per heavy atom. The molecular weight excluding hydrogens is 360 g/mol. The van der Waals surface area contributed by atoms with Gasteiger partial charge in [0.2, 0.25) is 0 Å². The average molecular weight is 378 g/mol. The molecule has 3 aromatic rings. The predicted octanol–water partition coefficient (Wildman–Crippen LogP) is 3.54. The number of fused-ring (bicyclic) bond motifs is 2. The fourth-order valence-electron chi connectivity index (χ4n) is 3.43. The standard InChI is InChI=1S/C21H18N2O5/c1-13-12-23(16-4-2-3-5-17(16)27-13)21(24)15-11-19(28-22-15)14-6-7-18-20(10-14)26-9-8-25-18/h2-7,10-11,13H,8-9,12H2,1H3. The van der Waals surface area contributed by atoms with Gasteiger partial charge in [0.05, 0.1) is 12.2 Å². The van der Waals surface area contributed by atoms with E-state index in [9.17, 15) is 4.79 Å². The minimum absolute atomic E-state index is 0.108. The van der Waals surface area contributed by atoms with E-state index in [4.69, 9.17) is 18.7 Å². The summed E-state index contributed by atoms with van der Waals surface area (Å²) in [6, 6.07) is 14.6. The van der Waals surface area contributed by atoms with Crippen LogP contribution in [0.1, 0.15) is 17.4 Å². The molecule has 7 nitrogen and oxygen atoms in total. The number of anilines is 1. The van der Waals surface area contributed by atoms with Gasteiger partial charge in [-0.05, 0) is 37.3 Å². The molecule has 0 saturated carbocycles. The molecule has 0 spiro atoms. The first kappa shape index (κ1) is 16.7. The van der Waals surface area contributed by atoms with E-state index >= 15 is 0 Å². The van der Waals surface area contributed by atoms with Gasteiger partial charge >= 0.3 is 0 Å². The van der Waals surface area contributed by atoms with Crippen LogP contribution in [0, 0.1) is 0 Å². The second-order valence-electron chi connectivity index (χ2n) is 6.75. The van der Waals surface area contributed by atoms with Gasteiger partial charge in [-0.2, -0.15) is 0 Å². The van der Waals surface area contributed by atoms with E-state index in [1.54, 1.807) is 11.0 Å². The van der Waals surface area contributed by atoms with E-state index in [2.05, 4.69) is 5.16 Å². The van der Waals surface area contributed by atoms with Crippen molar-refractivity contribution in [2.45, 2.75) is 13.0 Å². The van der Waals surface area contributed by atoms with Gasteiger partial charge in [-0.25, -0.2) is 0 Å². The fourth-order valence-corrected chi connectivity index (χ4v) is 3.43. The Labute approximate surface area is 161 Å². The maximum Gasteiger partial charge on any atom is 0.280 e. The van der Waals surface area contributed by atoms with Crippen molar-refractivity contribution in [1.29, 1.82) is 0 Å². The number of carbonyl (C=O) groups excluding carboxylic acids is 1. The van der Waals surface area contributed by atoms with Crippen molar-refractivity contribution in [3.8, 4) is 28.6 Å². The predicted molar refractivity (Wildman–Crippen MR) is 101 cm³/mol. The van der Waals surface area contributed by atoms with Crippen LogP contribution in [0.5, 0.6) is 17.2 Å². The Morgan fingerprint density at radius 3 is 2.75 bits per heavy atom. The molecule has 0 saturated heterocycles. The summed E-state index contributed by atoms with van der Waals surface area (Å²) in [6.07, 6.45) is -0.108. The van der Waals surface area contributed by atoms with Crippen molar-refractivity contribution < 1.29 is 23.5 Å². The lowest BCUT2D eigenvalue weighted by molar-refractivity contribution is 0.0952. The molecule has 0 bridgehead atoms. The van der Waals surface area contributed by atoms with Crippen molar-refractivity contribution in [2.75, 3.05) is 24.7 Å². The number of hydrogen-bond acceptors (Lipinski definition) is 6. The minimum atomic E-state index is -0.227. The summed E-state index contributed by atoms with van der Waals surface area (Å²) >= 11 is 0. The van der Waals surface area contributed by atoms with E-state index in [0.29, 0.717) is 42.8 Å². The van der Waals surface area contributed by atoms with Crippen LogP contribution in [-0.4, -0.2) is 36.9 Å². The number of ether oxygens (including phenoxy) is 3. The highest BCUT2D eigenvalue weighted by Crippen LogP contribution is 2.36. The molecule has 2 aromatic carbocycles. The molecule has 3 heterocycles. The third kappa shape index (κ3) is 2.85. The molecule has 0 aliphatic carbocycles. The maximum atomic E-state index is 13.1. The molecule has 28 heavy (non-hydrogen) atoms. The molecule has 5 rings (SSSR count). The molecule has 1 atom stereocenters. The number of amides is 1. The molecular formula is C21H18N2O5. The maximum absolute atomic E-state index is 13.1. The Hall–Kier alpha value is -3.48. The summed E-state index contributed by atoms with van der Waals surface area (Å²) in [6.45, 7) is 3.42. The molecule has 7 heteroatoms. The van der Waals surface area contributed by atoms with Crippen LogP contribution in [0.25, 0.3) is 11.3 Å². The molecule has 1 unspecified atom stereocenters. The number of aromatic nitrogens is 1. The average Bonchev–Trinajstić information content (AvgIpc) is 3.22. The number of para-hydroxylation sites is 2. The normalized spacial score (nSPS) is 17.6. The van der Waals surface area contributed by atoms with E-state index in [-0.39, 0.29) is 17.7 Å². The second-order valence-corrected chi connectivity index (χ2v) is 6.75. The summed E-state index contributed by atoms with van der Waals surface area (Å²) < 4.78 is 22.4. The molecule has 1 amide bonds. The van der Waals surface area contributed by atoms with Gasteiger partial charge in [-0.3, -0.25) is 9.69 Å². The molecule has 0 radical (unpaired) electrons. The lowest BCUT2D eigenvalue weighted by Crippen LogP contribution is -2.42. The van der Waals surface area contributed by atoms with E-state index < -0.39 is 0 Å².